The van der Waals surface area contributed by atoms with Gasteiger partial charge >= 0.3 is 5.97 Å². The fourth-order valence-corrected chi connectivity index (χ4v) is 5.83. The molecule has 0 spiro atoms. The molecule has 2 amide bonds. The van der Waals surface area contributed by atoms with E-state index in [2.05, 4.69) is 4.98 Å². The number of ether oxygens (including phenoxy) is 2. The van der Waals surface area contributed by atoms with Gasteiger partial charge in [-0.15, -0.1) is 0 Å². The molecule has 2 aliphatic rings. The third-order valence-electron chi connectivity index (χ3n) is 7.82. The zero-order valence-corrected chi connectivity index (χ0v) is 21.8. The van der Waals surface area contributed by atoms with Gasteiger partial charge in [0.2, 0.25) is 11.8 Å². The Kier molecular flexibility index (Phi) is 6.30. The van der Waals surface area contributed by atoms with Crippen molar-refractivity contribution in [3.05, 3.63) is 101 Å². The van der Waals surface area contributed by atoms with Crippen LogP contribution in [0, 0.1) is 0 Å². The molecule has 1 fully saturated rings. The number of hydrogen-bond acceptors (Lipinski definition) is 5. The minimum absolute atomic E-state index is 0.0256. The van der Waals surface area contributed by atoms with E-state index in [0.717, 1.165) is 39.0 Å². The number of nitrogens with zero attached hydrogens (tertiary/aromatic N) is 2. The minimum atomic E-state index is -0.612. The Bertz CT molecular complexity index is 1560. The number of esters is 1. The fourth-order valence-electron chi connectivity index (χ4n) is 5.83. The fraction of sp³-hybridized carbons (Fsp3) is 0.258. The number of hydrogen-bond donors (Lipinski definition) is 1. The van der Waals surface area contributed by atoms with Crippen LogP contribution in [0.4, 0.5) is 0 Å². The Morgan fingerprint density at radius 2 is 1.72 bits per heavy atom. The van der Waals surface area contributed by atoms with Crippen molar-refractivity contribution in [2.24, 2.45) is 0 Å². The van der Waals surface area contributed by atoms with Crippen molar-refractivity contribution in [1.29, 1.82) is 0 Å². The Morgan fingerprint density at radius 3 is 2.44 bits per heavy atom. The molecule has 2 aliphatic heterocycles. The lowest BCUT2D eigenvalue weighted by Gasteiger charge is -2.47. The maximum Gasteiger partial charge on any atom is 0.337 e. The number of rotatable bonds is 6. The normalized spacial score (nSPS) is 18.6. The average molecular weight is 524 g/mol. The summed E-state index contributed by atoms with van der Waals surface area (Å²) in [6.07, 6.45) is 1.09. The number of benzene rings is 3. The van der Waals surface area contributed by atoms with E-state index in [0.29, 0.717) is 24.9 Å². The molecule has 0 radical (unpaired) electrons. The van der Waals surface area contributed by atoms with Crippen LogP contribution in [0.25, 0.3) is 10.9 Å². The first-order valence-corrected chi connectivity index (χ1v) is 13.0. The summed E-state index contributed by atoms with van der Waals surface area (Å²) in [4.78, 5) is 46.6. The highest BCUT2D eigenvalue weighted by atomic mass is 16.5. The number of nitrogens with one attached hydrogen (secondary N) is 1. The van der Waals surface area contributed by atoms with Gasteiger partial charge in [-0.3, -0.25) is 9.59 Å². The van der Waals surface area contributed by atoms with Crippen molar-refractivity contribution < 1.29 is 23.9 Å². The summed E-state index contributed by atoms with van der Waals surface area (Å²) in [6, 6.07) is 21.8. The van der Waals surface area contributed by atoms with Crippen LogP contribution in [0.3, 0.4) is 0 Å². The smallest absolute Gasteiger partial charge is 0.337 e. The van der Waals surface area contributed by atoms with Crippen LogP contribution in [0.5, 0.6) is 5.75 Å². The largest absolute Gasteiger partial charge is 0.497 e. The molecule has 39 heavy (non-hydrogen) atoms. The second kappa shape index (κ2) is 9.94. The summed E-state index contributed by atoms with van der Waals surface area (Å²) in [5.74, 6) is 0.211. The molecule has 0 bridgehead atoms. The first-order chi connectivity index (χ1) is 19.0. The number of methoxy groups -OCH3 is 2. The summed E-state index contributed by atoms with van der Waals surface area (Å²) >= 11 is 0. The maximum atomic E-state index is 13.9. The van der Waals surface area contributed by atoms with Crippen LogP contribution < -0.4 is 4.74 Å². The number of amides is 2. The van der Waals surface area contributed by atoms with Crippen LogP contribution in [0.2, 0.25) is 0 Å². The molecule has 6 rings (SSSR count). The molecule has 3 aromatic carbocycles. The molecular weight excluding hydrogens is 494 g/mol. The highest BCUT2D eigenvalue weighted by Gasteiger charge is 2.48. The predicted octanol–water partition coefficient (Wildman–Crippen LogP) is 3.89. The summed E-state index contributed by atoms with van der Waals surface area (Å²) in [6.45, 7) is 0.484. The number of para-hydroxylation sites is 1. The number of fused-ring (bicyclic) bond motifs is 4. The number of aromatic amines is 1. The Hall–Kier alpha value is -4.59. The lowest BCUT2D eigenvalue weighted by Crippen LogP contribution is -2.63. The molecule has 0 aliphatic carbocycles. The van der Waals surface area contributed by atoms with Crippen molar-refractivity contribution in [2.75, 3.05) is 27.3 Å². The molecule has 198 valence electrons. The van der Waals surface area contributed by atoms with Crippen molar-refractivity contribution in [2.45, 2.75) is 24.9 Å². The summed E-state index contributed by atoms with van der Waals surface area (Å²) in [5.41, 5.74) is 5.25. The second-order valence-corrected chi connectivity index (χ2v) is 9.96. The highest BCUT2D eigenvalue weighted by Crippen LogP contribution is 2.42. The van der Waals surface area contributed by atoms with Gasteiger partial charge in [0.25, 0.3) is 0 Å². The average Bonchev–Trinajstić information content (AvgIpc) is 3.35. The van der Waals surface area contributed by atoms with Gasteiger partial charge < -0.3 is 24.3 Å². The zero-order valence-electron chi connectivity index (χ0n) is 21.8. The quantitative estimate of drug-likeness (QED) is 0.387. The lowest BCUT2D eigenvalue weighted by atomic mass is 9.86. The molecule has 0 unspecified atom stereocenters. The van der Waals surface area contributed by atoms with E-state index in [1.165, 1.54) is 7.11 Å². The number of aromatic nitrogens is 1. The first kappa shape index (κ1) is 24.7. The molecule has 0 saturated carbocycles. The van der Waals surface area contributed by atoms with Gasteiger partial charge in [0.05, 0.1) is 32.4 Å². The van der Waals surface area contributed by atoms with Gasteiger partial charge in [-0.25, -0.2) is 4.79 Å². The van der Waals surface area contributed by atoms with E-state index in [4.69, 9.17) is 9.47 Å². The Balaban J connectivity index is 1.35. The van der Waals surface area contributed by atoms with Crippen molar-refractivity contribution in [3.8, 4) is 5.75 Å². The van der Waals surface area contributed by atoms with Gasteiger partial charge in [-0.05, 0) is 53.4 Å². The Morgan fingerprint density at radius 1 is 0.974 bits per heavy atom. The molecular formula is C31H29N3O5. The predicted molar refractivity (Wildman–Crippen MR) is 146 cm³/mol. The zero-order chi connectivity index (χ0) is 27.1. The molecule has 3 heterocycles. The molecule has 4 aromatic rings. The summed E-state index contributed by atoms with van der Waals surface area (Å²) in [5, 5.41) is 1.05. The van der Waals surface area contributed by atoms with Gasteiger partial charge in [-0.1, -0.05) is 42.5 Å². The number of H-pyrrole nitrogens is 1. The van der Waals surface area contributed by atoms with E-state index in [-0.39, 0.29) is 18.4 Å². The van der Waals surface area contributed by atoms with Crippen molar-refractivity contribution in [3.63, 3.8) is 0 Å². The highest BCUT2D eigenvalue weighted by molar-refractivity contribution is 5.97. The minimum Gasteiger partial charge on any atom is -0.497 e. The van der Waals surface area contributed by atoms with Gasteiger partial charge in [0.15, 0.2) is 0 Å². The van der Waals surface area contributed by atoms with E-state index >= 15 is 0 Å². The Labute approximate surface area is 226 Å². The first-order valence-electron chi connectivity index (χ1n) is 13.0. The van der Waals surface area contributed by atoms with E-state index in [1.54, 1.807) is 29.0 Å². The van der Waals surface area contributed by atoms with E-state index in [1.807, 2.05) is 60.7 Å². The summed E-state index contributed by atoms with van der Waals surface area (Å²) in [7, 11) is 2.97. The van der Waals surface area contributed by atoms with Crippen LogP contribution in [0.1, 0.15) is 38.8 Å². The van der Waals surface area contributed by atoms with Gasteiger partial charge in [0.1, 0.15) is 11.8 Å². The molecule has 2 atom stereocenters. The molecule has 8 heteroatoms. The molecule has 1 saturated heterocycles. The van der Waals surface area contributed by atoms with Gasteiger partial charge in [0, 0.05) is 29.6 Å². The monoisotopic (exact) mass is 523 g/mol. The third-order valence-corrected chi connectivity index (χ3v) is 7.82. The summed E-state index contributed by atoms with van der Waals surface area (Å²) < 4.78 is 10.1. The SMILES string of the molecule is COC(=O)c1ccc([C@@H]2c3[nH]c4ccccc4c3C[C@H]3C(=O)N(CCc4ccc(OC)cc4)CC(=O)N23)cc1. The number of carbonyl (C=O) groups excluding carboxylic acids is 3. The topological polar surface area (TPSA) is 91.9 Å². The lowest BCUT2D eigenvalue weighted by molar-refractivity contribution is -0.158. The van der Waals surface area contributed by atoms with Crippen LogP contribution in [0.15, 0.2) is 72.8 Å². The third kappa shape index (κ3) is 4.31. The maximum absolute atomic E-state index is 13.9. The van der Waals surface area contributed by atoms with Crippen molar-refractivity contribution >= 4 is 28.7 Å². The van der Waals surface area contributed by atoms with E-state index < -0.39 is 18.1 Å². The van der Waals surface area contributed by atoms with Crippen LogP contribution in [-0.4, -0.2) is 65.9 Å². The molecule has 1 N–H and O–H groups in total. The standard InChI is InChI=1S/C31H29N3O5/c1-38-22-13-7-19(8-14-22)15-16-33-18-27(35)34-26(30(33)36)17-24-23-5-3-4-6-25(23)32-28(24)29(34)20-9-11-21(12-10-20)31(37)39-2/h3-14,26,29,32H,15-18H2,1-2H3/t26-,29+/m0/s1. The molecule has 8 nitrogen and oxygen atoms in total. The van der Waals surface area contributed by atoms with E-state index in [9.17, 15) is 14.4 Å². The van der Waals surface area contributed by atoms with Crippen molar-refractivity contribution in [1.82, 2.24) is 14.8 Å². The van der Waals surface area contributed by atoms with Gasteiger partial charge in [-0.2, -0.15) is 0 Å². The van der Waals surface area contributed by atoms with Crippen LogP contribution >= 0.6 is 0 Å². The second-order valence-electron chi connectivity index (χ2n) is 9.96. The molecule has 1 aromatic heterocycles. The number of piperazine rings is 1. The number of carbonyl (C=O) groups is 3. The van der Waals surface area contributed by atoms with Crippen LogP contribution in [-0.2, 0) is 27.2 Å².